The van der Waals surface area contributed by atoms with Crippen LogP contribution in [0.1, 0.15) is 28.3 Å². The summed E-state index contributed by atoms with van der Waals surface area (Å²) in [7, 11) is 0. The van der Waals surface area contributed by atoms with Crippen molar-refractivity contribution in [3.63, 3.8) is 0 Å². The Morgan fingerprint density at radius 1 is 0.933 bits per heavy atom. The number of carbonyl (C=O) groups excluding carboxylic acids is 1. The largest absolute Gasteiger partial charge is 0.399 e. The minimum Gasteiger partial charge on any atom is -0.399 e. The molecule has 0 aliphatic heterocycles. The Kier molecular flexibility index (Phi) is 6.47. The number of carbonyl (C=O) groups is 1. The van der Waals surface area contributed by atoms with Crippen LogP contribution in [0.15, 0.2) is 60.7 Å². The molecular weight excluding hydrogens is 384 g/mol. The summed E-state index contributed by atoms with van der Waals surface area (Å²) >= 11 is 0. The summed E-state index contributed by atoms with van der Waals surface area (Å²) < 4.78 is 26.8. The third kappa shape index (κ3) is 4.83. The molecule has 3 aromatic rings. The van der Waals surface area contributed by atoms with Gasteiger partial charge in [-0.15, -0.1) is 0 Å². The number of benzene rings is 3. The molecule has 1 amide bonds. The summed E-state index contributed by atoms with van der Waals surface area (Å²) in [6.07, 6.45) is 0.352. The van der Waals surface area contributed by atoms with Crippen LogP contribution in [-0.4, -0.2) is 12.5 Å². The van der Waals surface area contributed by atoms with E-state index >= 15 is 0 Å². The third-order valence-electron chi connectivity index (χ3n) is 5.24. The fourth-order valence-electron chi connectivity index (χ4n) is 3.21. The Hall–Kier alpha value is -3.25. The summed E-state index contributed by atoms with van der Waals surface area (Å²) in [5.41, 5.74) is 16.7. The number of halogens is 2. The van der Waals surface area contributed by atoms with Crippen molar-refractivity contribution < 1.29 is 13.6 Å². The first kappa shape index (κ1) is 21.5. The summed E-state index contributed by atoms with van der Waals surface area (Å²) in [5, 5.41) is 0. The highest BCUT2D eigenvalue weighted by Crippen LogP contribution is 2.24. The molecule has 0 heterocycles. The van der Waals surface area contributed by atoms with Crippen LogP contribution in [0.4, 0.5) is 20.2 Å². The number of hydrogen-bond donors (Lipinski definition) is 2. The standard InChI is InChI=1S/C24H25F2N3O/c1-15-3-9-20(13-16(15)2)29(12-11-17-4-10-21(25)22(26)14-17)24(30)23(28)18-5-7-19(27)8-6-18/h3-10,13-14,23H,11-12,27-28H2,1-2H3. The van der Waals surface area contributed by atoms with E-state index in [0.717, 1.165) is 23.3 Å². The van der Waals surface area contributed by atoms with Crippen molar-refractivity contribution in [3.8, 4) is 0 Å². The molecule has 6 heteroatoms. The van der Waals surface area contributed by atoms with E-state index in [-0.39, 0.29) is 12.5 Å². The second kappa shape index (κ2) is 9.05. The normalized spacial score (nSPS) is 11.9. The quantitative estimate of drug-likeness (QED) is 0.591. The van der Waals surface area contributed by atoms with Crippen molar-refractivity contribution in [2.75, 3.05) is 17.2 Å². The lowest BCUT2D eigenvalue weighted by Gasteiger charge is -2.27. The van der Waals surface area contributed by atoms with E-state index in [1.54, 1.807) is 29.2 Å². The van der Waals surface area contributed by atoms with Gasteiger partial charge in [-0.3, -0.25) is 4.79 Å². The molecule has 0 aromatic heterocycles. The van der Waals surface area contributed by atoms with Crippen LogP contribution < -0.4 is 16.4 Å². The molecule has 0 fully saturated rings. The Morgan fingerprint density at radius 2 is 1.63 bits per heavy atom. The van der Waals surface area contributed by atoms with E-state index in [9.17, 15) is 13.6 Å². The molecular formula is C24H25F2N3O. The van der Waals surface area contributed by atoms with Gasteiger partial charge in [0, 0.05) is 17.9 Å². The Bertz CT molecular complexity index is 1050. The van der Waals surface area contributed by atoms with Gasteiger partial charge < -0.3 is 16.4 Å². The number of nitrogen functional groups attached to an aromatic ring is 1. The molecule has 4 N–H and O–H groups in total. The summed E-state index contributed by atoms with van der Waals surface area (Å²) in [5.74, 6) is -2.09. The van der Waals surface area contributed by atoms with E-state index in [2.05, 4.69) is 0 Å². The minimum absolute atomic E-state index is 0.273. The topological polar surface area (TPSA) is 72.3 Å². The lowest BCUT2D eigenvalue weighted by Crippen LogP contribution is -2.40. The SMILES string of the molecule is Cc1ccc(N(CCc2ccc(F)c(F)c2)C(=O)C(N)c2ccc(N)cc2)cc1C. The Morgan fingerprint density at radius 3 is 2.27 bits per heavy atom. The number of nitrogens with zero attached hydrogens (tertiary/aromatic N) is 1. The number of hydrogen-bond acceptors (Lipinski definition) is 3. The van der Waals surface area contributed by atoms with Gasteiger partial charge in [-0.05, 0) is 78.9 Å². The van der Waals surface area contributed by atoms with Gasteiger partial charge in [-0.25, -0.2) is 8.78 Å². The van der Waals surface area contributed by atoms with Crippen molar-refractivity contribution in [1.82, 2.24) is 0 Å². The summed E-state index contributed by atoms with van der Waals surface area (Å²) in [4.78, 5) is 14.9. The van der Waals surface area contributed by atoms with Crippen LogP contribution in [0.3, 0.4) is 0 Å². The number of nitrogens with two attached hydrogens (primary N) is 2. The van der Waals surface area contributed by atoms with E-state index in [0.29, 0.717) is 28.9 Å². The average molecular weight is 409 g/mol. The monoisotopic (exact) mass is 409 g/mol. The molecule has 3 aromatic carbocycles. The molecule has 0 aliphatic rings. The van der Waals surface area contributed by atoms with E-state index in [4.69, 9.17) is 11.5 Å². The maximum Gasteiger partial charge on any atom is 0.248 e. The molecule has 0 spiro atoms. The number of rotatable bonds is 6. The number of aryl methyl sites for hydroxylation is 2. The van der Waals surface area contributed by atoms with E-state index < -0.39 is 17.7 Å². The molecule has 30 heavy (non-hydrogen) atoms. The van der Waals surface area contributed by atoms with Crippen molar-refractivity contribution in [3.05, 3.63) is 94.6 Å². The molecule has 1 unspecified atom stereocenters. The lowest BCUT2D eigenvalue weighted by molar-refractivity contribution is -0.120. The number of amides is 1. The fourth-order valence-corrected chi connectivity index (χ4v) is 3.21. The number of anilines is 2. The van der Waals surface area contributed by atoms with Gasteiger partial charge in [-0.2, -0.15) is 0 Å². The highest BCUT2D eigenvalue weighted by Gasteiger charge is 2.24. The summed E-state index contributed by atoms with van der Waals surface area (Å²) in [6, 6.07) is 15.5. The second-order valence-electron chi connectivity index (χ2n) is 7.40. The molecule has 4 nitrogen and oxygen atoms in total. The smallest absolute Gasteiger partial charge is 0.248 e. The molecule has 0 aliphatic carbocycles. The predicted molar refractivity (Wildman–Crippen MR) is 116 cm³/mol. The van der Waals surface area contributed by atoms with Crippen molar-refractivity contribution in [1.29, 1.82) is 0 Å². The minimum atomic E-state index is -0.907. The molecule has 3 rings (SSSR count). The van der Waals surface area contributed by atoms with E-state index in [1.165, 1.54) is 6.07 Å². The molecule has 1 atom stereocenters. The van der Waals surface area contributed by atoms with E-state index in [1.807, 2.05) is 32.0 Å². The fraction of sp³-hybridized carbons (Fsp3) is 0.208. The Labute approximate surface area is 175 Å². The van der Waals surface area contributed by atoms with Crippen LogP contribution in [0.25, 0.3) is 0 Å². The zero-order valence-corrected chi connectivity index (χ0v) is 17.0. The van der Waals surface area contributed by atoms with Crippen molar-refractivity contribution in [2.24, 2.45) is 5.73 Å². The first-order valence-electron chi connectivity index (χ1n) is 9.70. The van der Waals surface area contributed by atoms with Crippen molar-refractivity contribution in [2.45, 2.75) is 26.3 Å². The predicted octanol–water partition coefficient (Wildman–Crippen LogP) is 4.44. The second-order valence-corrected chi connectivity index (χ2v) is 7.40. The zero-order valence-electron chi connectivity index (χ0n) is 17.0. The maximum atomic E-state index is 13.6. The van der Waals surface area contributed by atoms with Gasteiger partial charge in [0.15, 0.2) is 11.6 Å². The van der Waals surface area contributed by atoms with Crippen LogP contribution in [-0.2, 0) is 11.2 Å². The van der Waals surface area contributed by atoms with Crippen LogP contribution >= 0.6 is 0 Å². The third-order valence-corrected chi connectivity index (χ3v) is 5.24. The molecule has 0 bridgehead atoms. The van der Waals surface area contributed by atoms with Crippen LogP contribution in [0.2, 0.25) is 0 Å². The highest BCUT2D eigenvalue weighted by molar-refractivity contribution is 5.97. The lowest BCUT2D eigenvalue weighted by atomic mass is 10.0. The average Bonchev–Trinajstić information content (AvgIpc) is 2.73. The van der Waals surface area contributed by atoms with Crippen LogP contribution in [0.5, 0.6) is 0 Å². The van der Waals surface area contributed by atoms with Gasteiger partial charge in [0.2, 0.25) is 5.91 Å². The van der Waals surface area contributed by atoms with Crippen molar-refractivity contribution >= 4 is 17.3 Å². The van der Waals surface area contributed by atoms with Gasteiger partial charge in [0.1, 0.15) is 6.04 Å². The maximum absolute atomic E-state index is 13.6. The molecule has 0 saturated carbocycles. The van der Waals surface area contributed by atoms with Gasteiger partial charge in [-0.1, -0.05) is 24.3 Å². The van der Waals surface area contributed by atoms with Gasteiger partial charge >= 0.3 is 0 Å². The van der Waals surface area contributed by atoms with Gasteiger partial charge in [0.05, 0.1) is 0 Å². The zero-order chi connectivity index (χ0) is 21.8. The molecule has 0 saturated heterocycles. The first-order valence-corrected chi connectivity index (χ1v) is 9.70. The molecule has 156 valence electrons. The summed E-state index contributed by atoms with van der Waals surface area (Å²) in [6.45, 7) is 4.23. The Balaban J connectivity index is 1.89. The highest BCUT2D eigenvalue weighted by atomic mass is 19.2. The first-order chi connectivity index (χ1) is 14.3. The molecule has 0 radical (unpaired) electrons. The van der Waals surface area contributed by atoms with Crippen LogP contribution in [0, 0.1) is 25.5 Å². The van der Waals surface area contributed by atoms with Gasteiger partial charge in [0.25, 0.3) is 0 Å².